The van der Waals surface area contributed by atoms with Crippen molar-refractivity contribution in [3.63, 3.8) is 0 Å². The van der Waals surface area contributed by atoms with Crippen molar-refractivity contribution >= 4 is 15.9 Å². The summed E-state index contributed by atoms with van der Waals surface area (Å²) in [4.78, 5) is 0. The zero-order valence-electron chi connectivity index (χ0n) is 9.88. The molecule has 4 heteroatoms. The quantitative estimate of drug-likeness (QED) is 0.926. The van der Waals surface area contributed by atoms with Crippen LogP contribution >= 0.6 is 15.9 Å². The van der Waals surface area contributed by atoms with Crippen LogP contribution in [0.4, 0.5) is 0 Å². The summed E-state index contributed by atoms with van der Waals surface area (Å²) in [6.45, 7) is 4.62. The lowest BCUT2D eigenvalue weighted by Crippen LogP contribution is -2.21. The second kappa shape index (κ2) is 4.18. The molecule has 1 aliphatic carbocycles. The van der Waals surface area contributed by atoms with E-state index in [-0.39, 0.29) is 0 Å². The van der Waals surface area contributed by atoms with E-state index in [0.29, 0.717) is 12.2 Å². The van der Waals surface area contributed by atoms with Gasteiger partial charge in [-0.05, 0) is 36.0 Å². The molecule has 1 heterocycles. The van der Waals surface area contributed by atoms with E-state index in [1.54, 1.807) is 0 Å². The van der Waals surface area contributed by atoms with Gasteiger partial charge in [-0.25, -0.2) is 0 Å². The van der Waals surface area contributed by atoms with Crippen LogP contribution < -0.4 is 14.8 Å². The van der Waals surface area contributed by atoms with Gasteiger partial charge in [0.05, 0.1) is 0 Å². The van der Waals surface area contributed by atoms with Gasteiger partial charge in [0, 0.05) is 17.6 Å². The van der Waals surface area contributed by atoms with Gasteiger partial charge in [-0.2, -0.15) is 0 Å². The van der Waals surface area contributed by atoms with Gasteiger partial charge in [-0.3, -0.25) is 0 Å². The Kier molecular flexibility index (Phi) is 2.79. The third-order valence-electron chi connectivity index (χ3n) is 3.51. The van der Waals surface area contributed by atoms with E-state index >= 15 is 0 Å². The Balaban J connectivity index is 1.66. The van der Waals surface area contributed by atoms with Crippen molar-refractivity contribution in [2.24, 2.45) is 5.41 Å². The molecule has 0 spiro atoms. The molecule has 0 amide bonds. The van der Waals surface area contributed by atoms with Gasteiger partial charge >= 0.3 is 0 Å². The second-order valence-corrected chi connectivity index (χ2v) is 6.07. The SMILES string of the molecule is CC1(CNCc2cc3c(cc2Br)OCO3)CC1. The standard InChI is InChI=1S/C13H16BrNO2/c1-13(2-3-13)7-15-6-9-4-11-12(5-10(9)14)17-8-16-11/h4-5,15H,2-3,6-8H2,1H3. The van der Waals surface area contributed by atoms with E-state index in [4.69, 9.17) is 9.47 Å². The maximum Gasteiger partial charge on any atom is 0.231 e. The van der Waals surface area contributed by atoms with E-state index < -0.39 is 0 Å². The lowest BCUT2D eigenvalue weighted by Gasteiger charge is -2.11. The summed E-state index contributed by atoms with van der Waals surface area (Å²) in [5.74, 6) is 1.68. The summed E-state index contributed by atoms with van der Waals surface area (Å²) in [5, 5.41) is 3.51. The predicted molar refractivity (Wildman–Crippen MR) is 69.3 cm³/mol. The van der Waals surface area contributed by atoms with Crippen LogP contribution in [0.2, 0.25) is 0 Å². The lowest BCUT2D eigenvalue weighted by molar-refractivity contribution is 0.174. The summed E-state index contributed by atoms with van der Waals surface area (Å²) in [7, 11) is 0. The number of hydrogen-bond donors (Lipinski definition) is 1. The largest absolute Gasteiger partial charge is 0.454 e. The van der Waals surface area contributed by atoms with Crippen LogP contribution in [0.15, 0.2) is 16.6 Å². The van der Waals surface area contributed by atoms with Crippen LogP contribution in [0.3, 0.4) is 0 Å². The number of nitrogens with one attached hydrogen (secondary N) is 1. The van der Waals surface area contributed by atoms with Gasteiger partial charge in [0.15, 0.2) is 11.5 Å². The summed E-state index contributed by atoms with van der Waals surface area (Å²) in [6.07, 6.45) is 2.70. The average Bonchev–Trinajstić information content (AvgIpc) is 2.86. The Hall–Kier alpha value is -0.740. The van der Waals surface area contributed by atoms with E-state index in [0.717, 1.165) is 29.1 Å². The Morgan fingerprint density at radius 3 is 2.71 bits per heavy atom. The molecule has 0 saturated heterocycles. The van der Waals surface area contributed by atoms with Crippen LogP contribution in [0, 0.1) is 5.41 Å². The number of hydrogen-bond acceptors (Lipinski definition) is 3. The maximum atomic E-state index is 5.38. The lowest BCUT2D eigenvalue weighted by atomic mass is 10.1. The van der Waals surface area contributed by atoms with Crippen molar-refractivity contribution < 1.29 is 9.47 Å². The molecule has 2 aliphatic rings. The summed E-state index contributed by atoms with van der Waals surface area (Å²) < 4.78 is 11.8. The molecule has 0 bridgehead atoms. The number of benzene rings is 1. The summed E-state index contributed by atoms with van der Waals surface area (Å²) in [5.41, 5.74) is 1.77. The number of fused-ring (bicyclic) bond motifs is 1. The topological polar surface area (TPSA) is 30.5 Å². The van der Waals surface area contributed by atoms with Crippen molar-refractivity contribution in [3.8, 4) is 11.5 Å². The average molecular weight is 298 g/mol. The zero-order chi connectivity index (χ0) is 11.9. The van der Waals surface area contributed by atoms with E-state index in [1.165, 1.54) is 18.4 Å². The normalized spacial score (nSPS) is 19.4. The van der Waals surface area contributed by atoms with Crippen molar-refractivity contribution in [3.05, 3.63) is 22.2 Å². The molecule has 0 radical (unpaired) electrons. The zero-order valence-corrected chi connectivity index (χ0v) is 11.5. The van der Waals surface area contributed by atoms with Crippen LogP contribution in [0.5, 0.6) is 11.5 Å². The van der Waals surface area contributed by atoms with Crippen LogP contribution in [-0.2, 0) is 6.54 Å². The molecule has 1 fully saturated rings. The Morgan fingerprint density at radius 2 is 2.00 bits per heavy atom. The van der Waals surface area contributed by atoms with Gasteiger partial charge in [-0.1, -0.05) is 22.9 Å². The minimum Gasteiger partial charge on any atom is -0.454 e. The smallest absolute Gasteiger partial charge is 0.231 e. The van der Waals surface area contributed by atoms with Crippen molar-refractivity contribution in [1.29, 1.82) is 0 Å². The van der Waals surface area contributed by atoms with Crippen LogP contribution in [0.1, 0.15) is 25.3 Å². The minimum absolute atomic E-state index is 0.330. The molecule has 1 saturated carbocycles. The number of halogens is 1. The fourth-order valence-electron chi connectivity index (χ4n) is 1.98. The van der Waals surface area contributed by atoms with Crippen LogP contribution in [0.25, 0.3) is 0 Å². The molecule has 3 rings (SSSR count). The maximum absolute atomic E-state index is 5.38. The van der Waals surface area contributed by atoms with Gasteiger partial charge in [-0.15, -0.1) is 0 Å². The summed E-state index contributed by atoms with van der Waals surface area (Å²) in [6, 6.07) is 4.03. The van der Waals surface area contributed by atoms with E-state index in [2.05, 4.69) is 34.2 Å². The molecular formula is C13H16BrNO2. The molecule has 1 aromatic carbocycles. The second-order valence-electron chi connectivity index (χ2n) is 5.21. The molecule has 92 valence electrons. The first-order chi connectivity index (χ1) is 8.16. The molecule has 17 heavy (non-hydrogen) atoms. The van der Waals surface area contributed by atoms with E-state index in [9.17, 15) is 0 Å². The fourth-order valence-corrected chi connectivity index (χ4v) is 2.45. The minimum atomic E-state index is 0.330. The molecule has 0 unspecified atom stereocenters. The molecule has 3 nitrogen and oxygen atoms in total. The highest BCUT2D eigenvalue weighted by Gasteiger charge is 2.36. The first-order valence-electron chi connectivity index (χ1n) is 5.95. The van der Waals surface area contributed by atoms with Gasteiger partial charge in [0.25, 0.3) is 0 Å². The third-order valence-corrected chi connectivity index (χ3v) is 4.25. The van der Waals surface area contributed by atoms with Crippen molar-refractivity contribution in [2.45, 2.75) is 26.3 Å². The summed E-state index contributed by atoms with van der Waals surface area (Å²) >= 11 is 3.57. The fraction of sp³-hybridized carbons (Fsp3) is 0.538. The molecule has 0 atom stereocenters. The van der Waals surface area contributed by atoms with Gasteiger partial charge in [0.2, 0.25) is 6.79 Å². The molecule has 1 aromatic rings. The first kappa shape index (κ1) is 11.4. The van der Waals surface area contributed by atoms with Gasteiger partial charge in [0.1, 0.15) is 0 Å². The van der Waals surface area contributed by atoms with Crippen molar-refractivity contribution in [1.82, 2.24) is 5.32 Å². The molecule has 1 aliphatic heterocycles. The third kappa shape index (κ3) is 2.43. The van der Waals surface area contributed by atoms with E-state index in [1.807, 2.05) is 6.07 Å². The first-order valence-corrected chi connectivity index (χ1v) is 6.74. The highest BCUT2D eigenvalue weighted by molar-refractivity contribution is 9.10. The van der Waals surface area contributed by atoms with Gasteiger partial charge < -0.3 is 14.8 Å². The monoisotopic (exact) mass is 297 g/mol. The highest BCUT2D eigenvalue weighted by Crippen LogP contribution is 2.44. The predicted octanol–water partition coefficient (Wildman–Crippen LogP) is 3.07. The highest BCUT2D eigenvalue weighted by atomic mass is 79.9. The molecular weight excluding hydrogens is 282 g/mol. The number of ether oxygens (including phenoxy) is 2. The Bertz CT molecular complexity index is 443. The van der Waals surface area contributed by atoms with Crippen LogP contribution in [-0.4, -0.2) is 13.3 Å². The molecule has 0 aromatic heterocycles. The Morgan fingerprint density at radius 1 is 1.29 bits per heavy atom. The molecule has 1 N–H and O–H groups in total. The van der Waals surface area contributed by atoms with Crippen molar-refractivity contribution in [2.75, 3.05) is 13.3 Å². The number of rotatable bonds is 4. The Labute approximate surface area is 110 Å².